The average Bonchev–Trinajstić information content (AvgIpc) is 3.08. The molecule has 27 heavy (non-hydrogen) atoms. The van der Waals surface area contributed by atoms with E-state index in [2.05, 4.69) is 49.2 Å². The van der Waals surface area contributed by atoms with E-state index < -0.39 is 0 Å². The lowest BCUT2D eigenvalue weighted by Gasteiger charge is -2.14. The molecular weight excluding hydrogens is 332 g/mol. The van der Waals surface area contributed by atoms with Crippen molar-refractivity contribution in [2.45, 2.75) is 91.9 Å². The summed E-state index contributed by atoms with van der Waals surface area (Å²) in [7, 11) is 0. The van der Waals surface area contributed by atoms with Gasteiger partial charge in [-0.2, -0.15) is 15.4 Å². The molecule has 0 spiro atoms. The van der Waals surface area contributed by atoms with E-state index >= 15 is 0 Å². The van der Waals surface area contributed by atoms with Crippen molar-refractivity contribution in [3.8, 4) is 0 Å². The summed E-state index contributed by atoms with van der Waals surface area (Å²) in [6, 6.07) is 2.21. The van der Waals surface area contributed by atoms with E-state index in [-0.39, 0.29) is 0 Å². The zero-order valence-corrected chi connectivity index (χ0v) is 17.8. The van der Waals surface area contributed by atoms with Gasteiger partial charge in [0.05, 0.1) is 0 Å². The Hall–Kier alpha value is -1.71. The average molecular weight is 371 g/mol. The largest absolute Gasteiger partial charge is 0.308 e. The molecule has 0 aliphatic heterocycles. The highest BCUT2D eigenvalue weighted by Crippen LogP contribution is 2.26. The molecule has 0 radical (unpaired) electrons. The molecule has 2 aromatic rings. The van der Waals surface area contributed by atoms with Gasteiger partial charge in [0.15, 0.2) is 0 Å². The first kappa shape index (κ1) is 21.6. The lowest BCUT2D eigenvalue weighted by atomic mass is 9.91. The Morgan fingerprint density at radius 3 is 2.11 bits per heavy atom. The van der Waals surface area contributed by atoms with Gasteiger partial charge in [0.2, 0.25) is 0 Å². The minimum absolute atomic E-state index is 0.787. The lowest BCUT2D eigenvalue weighted by Crippen LogP contribution is -2.03. The third kappa shape index (κ3) is 6.75. The topological polar surface area (TPSA) is 65.4 Å². The summed E-state index contributed by atoms with van der Waals surface area (Å²) < 4.78 is 0. The fourth-order valence-corrected chi connectivity index (χ4v) is 3.86. The number of fused-ring (bicyclic) bond motifs is 1. The molecule has 0 amide bonds. The van der Waals surface area contributed by atoms with Crippen LogP contribution in [-0.2, 0) is 12.8 Å². The van der Waals surface area contributed by atoms with E-state index in [0.29, 0.717) is 0 Å². The van der Waals surface area contributed by atoms with Crippen molar-refractivity contribution >= 4 is 17.2 Å². The molecule has 2 rings (SSSR count). The lowest BCUT2D eigenvalue weighted by molar-refractivity contribution is 0.524. The molecule has 2 N–H and O–H groups in total. The number of aromatic nitrogens is 3. The molecular formula is C23H38N4. The van der Waals surface area contributed by atoms with Crippen LogP contribution in [0.25, 0.3) is 11.0 Å². The first-order valence-electron chi connectivity index (χ1n) is 10.9. The normalized spacial score (nSPS) is 11.8. The fraction of sp³-hybridized carbons (Fsp3) is 0.696. The van der Waals surface area contributed by atoms with Gasteiger partial charge in [-0.05, 0) is 54.7 Å². The summed E-state index contributed by atoms with van der Waals surface area (Å²) in [5, 5.41) is 19.3. The molecule has 0 atom stereocenters. The molecule has 4 heteroatoms. The molecule has 4 nitrogen and oxygen atoms in total. The van der Waals surface area contributed by atoms with E-state index in [0.717, 1.165) is 41.3 Å². The number of rotatable bonds is 13. The van der Waals surface area contributed by atoms with Gasteiger partial charge in [-0.1, -0.05) is 66.2 Å². The van der Waals surface area contributed by atoms with Gasteiger partial charge in [0, 0.05) is 11.8 Å². The number of nitrogens with one attached hydrogen (secondary N) is 2. The Morgan fingerprint density at radius 1 is 0.889 bits per heavy atom. The number of nitrogens with zero attached hydrogens (tertiary/aromatic N) is 2. The van der Waals surface area contributed by atoms with Crippen molar-refractivity contribution in [2.24, 2.45) is 11.8 Å². The van der Waals surface area contributed by atoms with Crippen molar-refractivity contribution in [1.82, 2.24) is 15.4 Å². The second-order valence-corrected chi connectivity index (χ2v) is 8.75. The summed E-state index contributed by atoms with van der Waals surface area (Å²) in [6.07, 6.45) is 13.8. The molecule has 0 fully saturated rings. The number of benzene rings is 1. The molecule has 0 saturated carbocycles. The Kier molecular flexibility index (Phi) is 8.96. The van der Waals surface area contributed by atoms with Gasteiger partial charge in [-0.15, -0.1) is 0 Å². The number of hydrogen-bond acceptors (Lipinski definition) is 3. The van der Waals surface area contributed by atoms with Gasteiger partial charge in [0.25, 0.3) is 0 Å². The highest BCUT2D eigenvalue weighted by molar-refractivity contribution is 5.97. The van der Waals surface area contributed by atoms with Gasteiger partial charge in [-0.3, -0.25) is 0 Å². The van der Waals surface area contributed by atoms with Crippen molar-refractivity contribution in [3.05, 3.63) is 22.8 Å². The Balaban J connectivity index is 2.06. The van der Waals surface area contributed by atoms with Gasteiger partial charge >= 0.3 is 0 Å². The van der Waals surface area contributed by atoms with Crippen LogP contribution >= 0.6 is 0 Å². The molecule has 1 heterocycles. The highest BCUT2D eigenvalue weighted by Gasteiger charge is 2.14. The first-order valence-corrected chi connectivity index (χ1v) is 10.9. The molecule has 0 bridgehead atoms. The molecule has 0 unspecified atom stereocenters. The van der Waals surface area contributed by atoms with Crippen molar-refractivity contribution in [2.75, 3.05) is 0 Å². The second kappa shape index (κ2) is 11.2. The summed E-state index contributed by atoms with van der Waals surface area (Å²) in [6.45, 7) is 9.19. The van der Waals surface area contributed by atoms with Gasteiger partial charge < -0.3 is 5.41 Å². The Bertz CT molecular complexity index is 700. The van der Waals surface area contributed by atoms with Crippen LogP contribution in [0.3, 0.4) is 0 Å². The van der Waals surface area contributed by atoms with Crippen molar-refractivity contribution in [1.29, 1.82) is 5.41 Å². The van der Waals surface area contributed by atoms with Gasteiger partial charge in [0.1, 0.15) is 11.0 Å². The first-order chi connectivity index (χ1) is 13.0. The minimum atomic E-state index is 0.787. The standard InChI is InChI=1S/C23H38N4/c1-17(2)11-7-5-9-13-19-15-22-23(26-27-25-22)21(16-24)20(19)14-10-6-8-12-18(3)4/h15-18,24H,5-14H2,1-4H3,(H,25,26,27). The van der Waals surface area contributed by atoms with Crippen LogP contribution in [0.5, 0.6) is 0 Å². The van der Waals surface area contributed by atoms with E-state index in [4.69, 9.17) is 5.41 Å². The molecule has 0 aliphatic rings. The van der Waals surface area contributed by atoms with Crippen molar-refractivity contribution < 1.29 is 0 Å². The summed E-state index contributed by atoms with van der Waals surface area (Å²) >= 11 is 0. The minimum Gasteiger partial charge on any atom is -0.308 e. The molecule has 1 aromatic heterocycles. The number of aromatic amines is 1. The highest BCUT2D eigenvalue weighted by atomic mass is 15.3. The monoisotopic (exact) mass is 370 g/mol. The van der Waals surface area contributed by atoms with Crippen LogP contribution in [0, 0.1) is 17.2 Å². The van der Waals surface area contributed by atoms with E-state index in [1.165, 1.54) is 68.7 Å². The molecule has 150 valence electrons. The smallest absolute Gasteiger partial charge is 0.122 e. The second-order valence-electron chi connectivity index (χ2n) is 8.75. The SMILES string of the molecule is CC(C)CCCCCc1cc2n[nH]nc2c(C=N)c1CCCCCC(C)C. The summed E-state index contributed by atoms with van der Waals surface area (Å²) in [5.41, 5.74) is 5.44. The van der Waals surface area contributed by atoms with E-state index in [1.54, 1.807) is 0 Å². The fourth-order valence-electron chi connectivity index (χ4n) is 3.86. The predicted octanol–water partition coefficient (Wildman–Crippen LogP) is 6.47. The maximum Gasteiger partial charge on any atom is 0.122 e. The van der Waals surface area contributed by atoms with E-state index in [9.17, 15) is 0 Å². The van der Waals surface area contributed by atoms with Gasteiger partial charge in [-0.25, -0.2) is 0 Å². The molecule has 0 aliphatic carbocycles. The van der Waals surface area contributed by atoms with Crippen LogP contribution in [0.4, 0.5) is 0 Å². The Labute approximate surface area is 165 Å². The zero-order valence-electron chi connectivity index (χ0n) is 17.8. The predicted molar refractivity (Wildman–Crippen MR) is 116 cm³/mol. The van der Waals surface area contributed by atoms with E-state index in [1.807, 2.05) is 0 Å². The molecule has 0 saturated heterocycles. The Morgan fingerprint density at radius 2 is 1.52 bits per heavy atom. The van der Waals surface area contributed by atoms with Crippen LogP contribution in [-0.4, -0.2) is 21.6 Å². The quantitative estimate of drug-likeness (QED) is 0.313. The number of H-pyrrole nitrogens is 1. The van der Waals surface area contributed by atoms with Crippen LogP contribution in [0.1, 0.15) is 95.8 Å². The number of unbranched alkanes of at least 4 members (excludes halogenated alkanes) is 4. The maximum atomic E-state index is 7.96. The number of aryl methyl sites for hydroxylation is 1. The zero-order chi connectivity index (χ0) is 19.6. The third-order valence-electron chi connectivity index (χ3n) is 5.43. The van der Waals surface area contributed by atoms with Crippen LogP contribution in [0.15, 0.2) is 6.07 Å². The van der Waals surface area contributed by atoms with Crippen molar-refractivity contribution in [3.63, 3.8) is 0 Å². The van der Waals surface area contributed by atoms with Crippen LogP contribution < -0.4 is 0 Å². The summed E-state index contributed by atoms with van der Waals surface area (Å²) in [4.78, 5) is 0. The van der Waals surface area contributed by atoms with Crippen LogP contribution in [0.2, 0.25) is 0 Å². The molecule has 1 aromatic carbocycles. The third-order valence-corrected chi connectivity index (χ3v) is 5.43. The summed E-state index contributed by atoms with van der Waals surface area (Å²) in [5.74, 6) is 1.58. The maximum absolute atomic E-state index is 7.96. The number of hydrogen-bond donors (Lipinski definition) is 2.